The fourth-order valence-electron chi connectivity index (χ4n) is 4.99. The number of carbonyl (C=O) groups excluding carboxylic acids is 3. The molecule has 5 N–H and O–H groups in total. The minimum absolute atomic E-state index is 0.0312. The first-order valence-electron chi connectivity index (χ1n) is 17.8. The molecule has 1 unspecified atom stereocenters. The number of nitrogens with one attached hydrogen (secondary N) is 1. The number of rotatable bonds is 35. The van der Waals surface area contributed by atoms with E-state index in [0.29, 0.717) is 71.7 Å². The van der Waals surface area contributed by atoms with E-state index in [-0.39, 0.29) is 69.7 Å². The van der Waals surface area contributed by atoms with Crippen LogP contribution in [0.1, 0.15) is 58.3 Å². The summed E-state index contributed by atoms with van der Waals surface area (Å²) < 4.78 is 10.6. The van der Waals surface area contributed by atoms with Crippen molar-refractivity contribution in [2.45, 2.75) is 58.3 Å². The molecule has 0 aromatic carbocycles. The highest BCUT2D eigenvalue weighted by molar-refractivity contribution is 5.75. The van der Waals surface area contributed by atoms with Gasteiger partial charge in [0.25, 0.3) is 0 Å². The van der Waals surface area contributed by atoms with E-state index >= 15 is 0 Å². The molecule has 0 radical (unpaired) electrons. The molecule has 49 heavy (non-hydrogen) atoms. The third-order valence-corrected chi connectivity index (χ3v) is 7.85. The Hall–Kier alpha value is -2.49. The van der Waals surface area contributed by atoms with Crippen LogP contribution in [-0.4, -0.2) is 164 Å². The molecular weight excluding hydrogens is 632 g/mol. The molecule has 1 atom stereocenters. The third kappa shape index (κ3) is 30.1. The quantitative estimate of drug-likeness (QED) is 0.0363. The lowest BCUT2D eigenvalue weighted by molar-refractivity contribution is -0.143. The lowest BCUT2D eigenvalue weighted by atomic mass is 9.99. The summed E-state index contributed by atoms with van der Waals surface area (Å²) in [5, 5.41) is 39.7. The SMILES string of the molecule is C=CC(C/C=C\COC(=O)CCN(CCCN(CCO)CCO)CCC(C)=O)CC/C=C/COC(=O)CCNCCCN(CCO)CCO. The number of allylic oxidation sites excluding steroid dienone is 3. The molecule has 0 aliphatic carbocycles. The van der Waals surface area contributed by atoms with Gasteiger partial charge in [-0.1, -0.05) is 30.4 Å². The monoisotopic (exact) mass is 698 g/mol. The van der Waals surface area contributed by atoms with E-state index < -0.39 is 0 Å². The Labute approximate surface area is 294 Å². The van der Waals surface area contributed by atoms with Crippen LogP contribution in [-0.2, 0) is 23.9 Å². The smallest absolute Gasteiger partial charge is 0.307 e. The molecule has 13 heteroatoms. The van der Waals surface area contributed by atoms with Crippen molar-refractivity contribution < 1.29 is 44.3 Å². The van der Waals surface area contributed by atoms with Gasteiger partial charge in [0.1, 0.15) is 19.0 Å². The number of aliphatic hydroxyl groups is 4. The molecule has 0 saturated carbocycles. The Balaban J connectivity index is 4.14. The summed E-state index contributed by atoms with van der Waals surface area (Å²) in [6, 6.07) is 0. The van der Waals surface area contributed by atoms with E-state index in [4.69, 9.17) is 19.7 Å². The van der Waals surface area contributed by atoms with Crippen LogP contribution in [0.4, 0.5) is 0 Å². The molecule has 0 aromatic heterocycles. The van der Waals surface area contributed by atoms with Crippen molar-refractivity contribution in [2.75, 3.05) is 112 Å². The number of ketones is 1. The second-order valence-electron chi connectivity index (χ2n) is 11.9. The van der Waals surface area contributed by atoms with Gasteiger partial charge in [0, 0.05) is 52.2 Å². The number of carbonyl (C=O) groups is 3. The van der Waals surface area contributed by atoms with Gasteiger partial charge in [-0.3, -0.25) is 24.2 Å². The maximum atomic E-state index is 12.3. The van der Waals surface area contributed by atoms with Gasteiger partial charge in [-0.2, -0.15) is 0 Å². The fourth-order valence-corrected chi connectivity index (χ4v) is 4.99. The highest BCUT2D eigenvalue weighted by atomic mass is 16.5. The Morgan fingerprint density at radius 2 is 1.16 bits per heavy atom. The summed E-state index contributed by atoms with van der Waals surface area (Å²) >= 11 is 0. The Kier molecular flexibility index (Phi) is 32.3. The van der Waals surface area contributed by atoms with Crippen molar-refractivity contribution in [3.63, 3.8) is 0 Å². The number of aliphatic hydroxyl groups excluding tert-OH is 4. The first-order chi connectivity index (χ1) is 23.8. The number of Topliss-reactive ketones (excluding diaryl/α,β-unsaturated/α-hetero) is 1. The lowest BCUT2D eigenvalue weighted by Crippen LogP contribution is -2.35. The van der Waals surface area contributed by atoms with Crippen LogP contribution >= 0.6 is 0 Å². The van der Waals surface area contributed by atoms with Gasteiger partial charge in [-0.05, 0) is 71.1 Å². The van der Waals surface area contributed by atoms with Crippen molar-refractivity contribution in [3.05, 3.63) is 37.0 Å². The summed E-state index contributed by atoms with van der Waals surface area (Å²) in [5.74, 6) is -0.179. The van der Waals surface area contributed by atoms with Gasteiger partial charge in [-0.25, -0.2) is 0 Å². The molecule has 0 aliphatic heterocycles. The Bertz CT molecular complexity index is 892. The molecule has 0 fully saturated rings. The molecule has 0 spiro atoms. The van der Waals surface area contributed by atoms with E-state index in [2.05, 4.69) is 16.8 Å². The second kappa shape index (κ2) is 34.0. The predicted octanol–water partition coefficient (Wildman–Crippen LogP) is 1.16. The van der Waals surface area contributed by atoms with Crippen LogP contribution < -0.4 is 5.32 Å². The molecular formula is C36H66N4O9. The minimum Gasteiger partial charge on any atom is -0.461 e. The lowest BCUT2D eigenvalue weighted by Gasteiger charge is -2.24. The number of ether oxygens (including phenoxy) is 2. The van der Waals surface area contributed by atoms with Crippen LogP contribution in [0.15, 0.2) is 37.0 Å². The first-order valence-corrected chi connectivity index (χ1v) is 17.8. The van der Waals surface area contributed by atoms with E-state index in [0.717, 1.165) is 45.2 Å². The number of hydrogen-bond acceptors (Lipinski definition) is 13. The molecule has 0 saturated heterocycles. The molecule has 0 heterocycles. The van der Waals surface area contributed by atoms with Gasteiger partial charge < -0.3 is 40.1 Å². The zero-order valence-electron chi connectivity index (χ0n) is 30.0. The van der Waals surface area contributed by atoms with Crippen molar-refractivity contribution >= 4 is 17.7 Å². The van der Waals surface area contributed by atoms with Crippen LogP contribution in [0.5, 0.6) is 0 Å². The molecule has 0 rings (SSSR count). The van der Waals surface area contributed by atoms with Gasteiger partial charge in [0.2, 0.25) is 0 Å². The zero-order chi connectivity index (χ0) is 36.4. The number of hydrogen-bond donors (Lipinski definition) is 5. The molecule has 0 bridgehead atoms. The first kappa shape index (κ1) is 46.5. The maximum Gasteiger partial charge on any atom is 0.307 e. The van der Waals surface area contributed by atoms with Gasteiger partial charge >= 0.3 is 11.9 Å². The van der Waals surface area contributed by atoms with Crippen molar-refractivity contribution in [1.29, 1.82) is 0 Å². The highest BCUT2D eigenvalue weighted by Crippen LogP contribution is 2.13. The largest absolute Gasteiger partial charge is 0.461 e. The standard InChI is InChI=1S/C36H66N4O9/c1-3-34(11-5-4-7-31-48-35(46)13-17-37-16-9-18-39(23-27-41)24-28-42)12-6-8-32-49-36(47)15-22-38(21-14-33(2)45)19-10-20-40(25-29-43)26-30-44/h3-4,6-8,34,37,41-44H,1,5,9-32H2,2H3/b7-4+,8-6-. The Morgan fingerprint density at radius 3 is 1.71 bits per heavy atom. The normalized spacial score (nSPS) is 12.5. The second-order valence-corrected chi connectivity index (χ2v) is 11.9. The van der Waals surface area contributed by atoms with Gasteiger partial charge in [0.15, 0.2) is 0 Å². The molecule has 284 valence electrons. The Morgan fingerprint density at radius 1 is 0.653 bits per heavy atom. The predicted molar refractivity (Wildman–Crippen MR) is 192 cm³/mol. The van der Waals surface area contributed by atoms with Crippen molar-refractivity contribution in [3.8, 4) is 0 Å². The van der Waals surface area contributed by atoms with Crippen molar-refractivity contribution in [1.82, 2.24) is 20.0 Å². The topological polar surface area (TPSA) is 172 Å². The molecule has 0 aliphatic rings. The maximum absolute atomic E-state index is 12.3. The van der Waals surface area contributed by atoms with E-state index in [1.165, 1.54) is 0 Å². The highest BCUT2D eigenvalue weighted by Gasteiger charge is 2.12. The average Bonchev–Trinajstić information content (AvgIpc) is 3.07. The van der Waals surface area contributed by atoms with Crippen molar-refractivity contribution in [2.24, 2.45) is 5.92 Å². The van der Waals surface area contributed by atoms with E-state index in [1.807, 2.05) is 40.2 Å². The summed E-state index contributed by atoms with van der Waals surface area (Å²) in [6.07, 6.45) is 14.7. The summed E-state index contributed by atoms with van der Waals surface area (Å²) in [4.78, 5) is 41.8. The van der Waals surface area contributed by atoms with Crippen LogP contribution in [0, 0.1) is 5.92 Å². The molecule has 0 aromatic rings. The summed E-state index contributed by atoms with van der Waals surface area (Å²) in [6.45, 7) is 12.7. The molecule has 13 nitrogen and oxygen atoms in total. The third-order valence-electron chi connectivity index (χ3n) is 7.85. The van der Waals surface area contributed by atoms with Gasteiger partial charge in [-0.15, -0.1) is 6.58 Å². The van der Waals surface area contributed by atoms with E-state index in [9.17, 15) is 24.6 Å². The molecule has 0 amide bonds. The average molecular weight is 699 g/mol. The zero-order valence-corrected chi connectivity index (χ0v) is 30.0. The number of nitrogens with zero attached hydrogens (tertiary/aromatic N) is 3. The fraction of sp³-hybridized carbons (Fsp3) is 0.750. The van der Waals surface area contributed by atoms with Crippen LogP contribution in [0.25, 0.3) is 0 Å². The minimum atomic E-state index is -0.293. The summed E-state index contributed by atoms with van der Waals surface area (Å²) in [5.41, 5.74) is 0. The number of esters is 2. The summed E-state index contributed by atoms with van der Waals surface area (Å²) in [7, 11) is 0. The van der Waals surface area contributed by atoms with Crippen LogP contribution in [0.3, 0.4) is 0 Å². The van der Waals surface area contributed by atoms with E-state index in [1.54, 1.807) is 6.92 Å². The van der Waals surface area contributed by atoms with Crippen LogP contribution in [0.2, 0.25) is 0 Å². The van der Waals surface area contributed by atoms with Gasteiger partial charge in [0.05, 0.1) is 39.3 Å².